The van der Waals surface area contributed by atoms with Gasteiger partial charge in [-0.05, 0) is 61.5 Å². The van der Waals surface area contributed by atoms with E-state index in [1.165, 1.54) is 16.7 Å². The first kappa shape index (κ1) is 12.9. The summed E-state index contributed by atoms with van der Waals surface area (Å²) in [4.78, 5) is 0. The van der Waals surface area contributed by atoms with Gasteiger partial charge in [-0.1, -0.05) is 31.2 Å². The summed E-state index contributed by atoms with van der Waals surface area (Å²) in [6.45, 7) is 7.34. The van der Waals surface area contributed by atoms with Crippen LogP contribution in [-0.2, 0) is 11.2 Å². The lowest BCUT2D eigenvalue weighted by Crippen LogP contribution is -2.38. The van der Waals surface area contributed by atoms with E-state index in [9.17, 15) is 0 Å². The van der Waals surface area contributed by atoms with Crippen LogP contribution in [0.3, 0.4) is 0 Å². The predicted molar refractivity (Wildman–Crippen MR) is 79.2 cm³/mol. The van der Waals surface area contributed by atoms with Crippen molar-refractivity contribution < 1.29 is 4.74 Å². The molecule has 0 saturated heterocycles. The molecule has 2 heteroatoms. The molecular formula is C17H23NO. The summed E-state index contributed by atoms with van der Waals surface area (Å²) in [6.07, 6.45) is 3.21. The minimum absolute atomic E-state index is 0.0746. The van der Waals surface area contributed by atoms with Crippen molar-refractivity contribution in [2.75, 3.05) is 19.7 Å². The molecule has 102 valence electrons. The Morgan fingerprint density at radius 1 is 1.32 bits per heavy atom. The fourth-order valence-electron chi connectivity index (χ4n) is 3.41. The molecule has 1 atom stereocenters. The smallest absolute Gasteiger partial charge is 0.0884 e. The fourth-order valence-corrected chi connectivity index (χ4v) is 3.41. The van der Waals surface area contributed by atoms with Crippen LogP contribution >= 0.6 is 0 Å². The first-order valence-corrected chi connectivity index (χ1v) is 7.40. The summed E-state index contributed by atoms with van der Waals surface area (Å²) in [7, 11) is 0. The highest BCUT2D eigenvalue weighted by atomic mass is 16.5. The highest BCUT2D eigenvalue weighted by Crippen LogP contribution is 2.45. The molecule has 3 rings (SSSR count). The zero-order valence-electron chi connectivity index (χ0n) is 12.0. The maximum absolute atomic E-state index is 6.16. The molecule has 0 saturated carbocycles. The van der Waals surface area contributed by atoms with Gasteiger partial charge in [0.15, 0.2) is 0 Å². The van der Waals surface area contributed by atoms with Gasteiger partial charge in [-0.15, -0.1) is 0 Å². The van der Waals surface area contributed by atoms with Crippen molar-refractivity contribution in [3.8, 4) is 0 Å². The lowest BCUT2D eigenvalue weighted by atomic mass is 9.85. The minimum Gasteiger partial charge on any atom is -0.371 e. The number of rotatable bonds is 4. The quantitative estimate of drug-likeness (QED) is 0.837. The first-order chi connectivity index (χ1) is 9.24. The number of hydrogen-bond acceptors (Lipinski definition) is 2. The van der Waals surface area contributed by atoms with Crippen LogP contribution in [0.1, 0.15) is 37.8 Å². The predicted octanol–water partition coefficient (Wildman–Crippen LogP) is 3.17. The van der Waals surface area contributed by atoms with Gasteiger partial charge in [0.25, 0.3) is 0 Å². The molecule has 0 bridgehead atoms. The Bertz CT molecular complexity index is 506. The van der Waals surface area contributed by atoms with E-state index in [1.807, 2.05) is 0 Å². The van der Waals surface area contributed by atoms with Crippen LogP contribution in [0, 0.1) is 0 Å². The first-order valence-electron chi connectivity index (χ1n) is 7.40. The largest absolute Gasteiger partial charge is 0.371 e. The SMILES string of the molecule is CCNCCC1(C)OCCC2=C1Cc1ccccc12. The van der Waals surface area contributed by atoms with Crippen molar-refractivity contribution in [3.05, 3.63) is 41.0 Å². The molecule has 0 aromatic heterocycles. The van der Waals surface area contributed by atoms with Crippen LogP contribution in [0.2, 0.25) is 0 Å². The van der Waals surface area contributed by atoms with Gasteiger partial charge in [0.2, 0.25) is 0 Å². The maximum Gasteiger partial charge on any atom is 0.0884 e. The molecule has 0 amide bonds. The van der Waals surface area contributed by atoms with Crippen molar-refractivity contribution in [2.45, 2.75) is 38.7 Å². The third kappa shape index (κ3) is 2.24. The molecule has 2 nitrogen and oxygen atoms in total. The van der Waals surface area contributed by atoms with Gasteiger partial charge >= 0.3 is 0 Å². The lowest BCUT2D eigenvalue weighted by molar-refractivity contribution is -0.0140. The van der Waals surface area contributed by atoms with Crippen molar-refractivity contribution in [1.82, 2.24) is 5.32 Å². The van der Waals surface area contributed by atoms with Crippen LogP contribution in [0.5, 0.6) is 0 Å². The Kier molecular flexibility index (Phi) is 3.46. The van der Waals surface area contributed by atoms with Gasteiger partial charge < -0.3 is 10.1 Å². The normalized spacial score (nSPS) is 25.4. The Morgan fingerprint density at radius 3 is 3.00 bits per heavy atom. The van der Waals surface area contributed by atoms with Crippen molar-refractivity contribution >= 4 is 5.57 Å². The van der Waals surface area contributed by atoms with Crippen molar-refractivity contribution in [1.29, 1.82) is 0 Å². The van der Waals surface area contributed by atoms with Gasteiger partial charge in [0.05, 0.1) is 12.2 Å². The van der Waals surface area contributed by atoms with Crippen LogP contribution in [-0.4, -0.2) is 25.3 Å². The van der Waals surface area contributed by atoms with E-state index in [-0.39, 0.29) is 5.60 Å². The summed E-state index contributed by atoms with van der Waals surface area (Å²) in [5.41, 5.74) is 5.95. The van der Waals surface area contributed by atoms with E-state index in [0.717, 1.165) is 39.0 Å². The second-order valence-electron chi connectivity index (χ2n) is 5.72. The lowest BCUT2D eigenvalue weighted by Gasteiger charge is -2.36. The number of benzene rings is 1. The molecule has 1 aromatic rings. The summed E-state index contributed by atoms with van der Waals surface area (Å²) < 4.78 is 6.16. The molecule has 1 aliphatic heterocycles. The second-order valence-corrected chi connectivity index (χ2v) is 5.72. The Balaban J connectivity index is 1.88. The molecule has 0 radical (unpaired) electrons. The molecular weight excluding hydrogens is 234 g/mol. The molecule has 0 spiro atoms. The zero-order chi connectivity index (χ0) is 13.3. The van der Waals surface area contributed by atoms with Gasteiger partial charge in [0.1, 0.15) is 0 Å². The van der Waals surface area contributed by atoms with Crippen LogP contribution in [0.25, 0.3) is 5.57 Å². The van der Waals surface area contributed by atoms with E-state index in [0.29, 0.717) is 0 Å². The molecule has 1 heterocycles. The van der Waals surface area contributed by atoms with E-state index in [1.54, 1.807) is 5.57 Å². The number of fused-ring (bicyclic) bond motifs is 2. The van der Waals surface area contributed by atoms with Crippen molar-refractivity contribution in [3.63, 3.8) is 0 Å². The van der Waals surface area contributed by atoms with E-state index >= 15 is 0 Å². The molecule has 1 N–H and O–H groups in total. The summed E-state index contributed by atoms with van der Waals surface area (Å²) in [5, 5.41) is 3.42. The zero-order valence-corrected chi connectivity index (χ0v) is 12.0. The Morgan fingerprint density at radius 2 is 2.16 bits per heavy atom. The van der Waals surface area contributed by atoms with Crippen LogP contribution in [0.4, 0.5) is 0 Å². The molecule has 1 unspecified atom stereocenters. The van der Waals surface area contributed by atoms with Gasteiger partial charge in [-0.2, -0.15) is 0 Å². The Hall–Kier alpha value is -1.12. The van der Waals surface area contributed by atoms with Crippen molar-refractivity contribution in [2.24, 2.45) is 0 Å². The molecule has 1 aromatic carbocycles. The standard InChI is InChI=1S/C17H23NO/c1-3-18-10-9-17(2)16-12-13-6-4-5-7-14(13)15(16)8-11-19-17/h4-7,18H,3,8-12H2,1-2H3. The molecule has 0 fully saturated rings. The van der Waals surface area contributed by atoms with Crippen LogP contribution in [0.15, 0.2) is 29.8 Å². The van der Waals surface area contributed by atoms with E-state index < -0.39 is 0 Å². The van der Waals surface area contributed by atoms with Gasteiger partial charge in [0, 0.05) is 0 Å². The fraction of sp³-hybridized carbons (Fsp3) is 0.529. The summed E-state index contributed by atoms with van der Waals surface area (Å²) in [6, 6.07) is 8.83. The third-order valence-electron chi connectivity index (χ3n) is 4.51. The number of ether oxygens (including phenoxy) is 1. The summed E-state index contributed by atoms with van der Waals surface area (Å²) in [5.74, 6) is 0. The van der Waals surface area contributed by atoms with Gasteiger partial charge in [-0.3, -0.25) is 0 Å². The molecule has 19 heavy (non-hydrogen) atoms. The average molecular weight is 257 g/mol. The average Bonchev–Trinajstić information content (AvgIpc) is 2.80. The van der Waals surface area contributed by atoms with Crippen LogP contribution < -0.4 is 5.32 Å². The monoisotopic (exact) mass is 257 g/mol. The minimum atomic E-state index is -0.0746. The molecule has 1 aliphatic carbocycles. The van der Waals surface area contributed by atoms with Gasteiger partial charge in [-0.25, -0.2) is 0 Å². The number of hydrogen-bond donors (Lipinski definition) is 1. The molecule has 2 aliphatic rings. The topological polar surface area (TPSA) is 21.3 Å². The summed E-state index contributed by atoms with van der Waals surface area (Å²) >= 11 is 0. The Labute approximate surface area is 115 Å². The number of nitrogens with one attached hydrogen (secondary N) is 1. The third-order valence-corrected chi connectivity index (χ3v) is 4.51. The second kappa shape index (κ2) is 5.10. The highest BCUT2D eigenvalue weighted by molar-refractivity contribution is 5.78. The maximum atomic E-state index is 6.16. The van der Waals surface area contributed by atoms with E-state index in [4.69, 9.17) is 4.74 Å². The highest BCUT2D eigenvalue weighted by Gasteiger charge is 2.38. The van der Waals surface area contributed by atoms with E-state index in [2.05, 4.69) is 43.4 Å².